The lowest BCUT2D eigenvalue weighted by Gasteiger charge is -2.06. The Hall–Kier alpha value is -0.120. The first-order valence-electron chi connectivity index (χ1n) is 6.78. The first-order chi connectivity index (χ1) is 7.91. The Bertz CT molecular complexity index is 107. The second kappa shape index (κ2) is 14.9. The van der Waals surface area contributed by atoms with E-state index in [1.165, 1.54) is 25.7 Å². The molecule has 16 heavy (non-hydrogen) atoms. The van der Waals surface area contributed by atoms with E-state index in [4.69, 9.17) is 9.47 Å². The molecule has 0 atom stereocenters. The Morgan fingerprint density at radius 3 is 2.06 bits per heavy atom. The normalized spacial score (nSPS) is 10.9. The summed E-state index contributed by atoms with van der Waals surface area (Å²) in [6.45, 7) is 9.59. The van der Waals surface area contributed by atoms with E-state index in [0.717, 1.165) is 45.9 Å². The summed E-state index contributed by atoms with van der Waals surface area (Å²) in [5.74, 6) is 0. The molecule has 0 aliphatic rings. The SMILES string of the molecule is CCCCCNCCOCCOCCCC. The lowest BCUT2D eigenvalue weighted by Crippen LogP contribution is -2.21. The van der Waals surface area contributed by atoms with Crippen molar-refractivity contribution in [3.63, 3.8) is 0 Å². The van der Waals surface area contributed by atoms with Crippen LogP contribution in [0.25, 0.3) is 0 Å². The highest BCUT2D eigenvalue weighted by Gasteiger charge is 1.90. The molecule has 0 radical (unpaired) electrons. The smallest absolute Gasteiger partial charge is 0.0701 e. The summed E-state index contributed by atoms with van der Waals surface area (Å²) in [6.07, 6.45) is 6.23. The van der Waals surface area contributed by atoms with Crippen LogP contribution in [-0.2, 0) is 9.47 Å². The van der Waals surface area contributed by atoms with E-state index < -0.39 is 0 Å². The van der Waals surface area contributed by atoms with Crippen LogP contribution in [0.4, 0.5) is 0 Å². The summed E-state index contributed by atoms with van der Waals surface area (Å²) >= 11 is 0. The van der Waals surface area contributed by atoms with Crippen molar-refractivity contribution in [1.82, 2.24) is 5.32 Å². The molecule has 0 heterocycles. The van der Waals surface area contributed by atoms with Crippen molar-refractivity contribution in [2.24, 2.45) is 0 Å². The number of unbranched alkanes of at least 4 members (excludes halogenated alkanes) is 3. The van der Waals surface area contributed by atoms with Gasteiger partial charge in [-0.15, -0.1) is 0 Å². The predicted octanol–water partition coefficient (Wildman–Crippen LogP) is 2.60. The van der Waals surface area contributed by atoms with Gasteiger partial charge in [-0.1, -0.05) is 33.1 Å². The average Bonchev–Trinajstić information content (AvgIpc) is 2.31. The van der Waals surface area contributed by atoms with E-state index in [1.54, 1.807) is 0 Å². The van der Waals surface area contributed by atoms with E-state index >= 15 is 0 Å². The second-order valence-electron chi connectivity index (χ2n) is 4.04. The zero-order chi connectivity index (χ0) is 11.9. The van der Waals surface area contributed by atoms with Gasteiger partial charge in [-0.25, -0.2) is 0 Å². The van der Waals surface area contributed by atoms with Crippen LogP contribution >= 0.6 is 0 Å². The summed E-state index contributed by atoms with van der Waals surface area (Å²) in [7, 11) is 0. The van der Waals surface area contributed by atoms with Gasteiger partial charge in [0.1, 0.15) is 0 Å². The predicted molar refractivity (Wildman–Crippen MR) is 68.9 cm³/mol. The lowest BCUT2D eigenvalue weighted by atomic mass is 10.2. The first kappa shape index (κ1) is 15.9. The van der Waals surface area contributed by atoms with Gasteiger partial charge >= 0.3 is 0 Å². The molecule has 0 aromatic heterocycles. The molecule has 0 spiro atoms. The number of hydrogen-bond donors (Lipinski definition) is 1. The van der Waals surface area contributed by atoms with Crippen LogP contribution in [0.1, 0.15) is 46.0 Å². The van der Waals surface area contributed by atoms with E-state index in [9.17, 15) is 0 Å². The number of nitrogens with one attached hydrogen (secondary N) is 1. The summed E-state index contributed by atoms with van der Waals surface area (Å²) in [4.78, 5) is 0. The molecule has 0 rings (SSSR count). The van der Waals surface area contributed by atoms with E-state index in [2.05, 4.69) is 19.2 Å². The van der Waals surface area contributed by atoms with Crippen molar-refractivity contribution in [3.8, 4) is 0 Å². The van der Waals surface area contributed by atoms with Gasteiger partial charge in [0.2, 0.25) is 0 Å². The third-order valence-electron chi connectivity index (χ3n) is 2.39. The maximum atomic E-state index is 5.43. The second-order valence-corrected chi connectivity index (χ2v) is 4.04. The van der Waals surface area contributed by atoms with Crippen LogP contribution in [0.5, 0.6) is 0 Å². The van der Waals surface area contributed by atoms with Crippen molar-refractivity contribution >= 4 is 0 Å². The fourth-order valence-corrected chi connectivity index (χ4v) is 1.34. The summed E-state index contributed by atoms with van der Waals surface area (Å²) in [5, 5.41) is 3.37. The van der Waals surface area contributed by atoms with E-state index in [-0.39, 0.29) is 0 Å². The summed E-state index contributed by atoms with van der Waals surface area (Å²) in [6, 6.07) is 0. The highest BCUT2D eigenvalue weighted by Crippen LogP contribution is 1.90. The van der Waals surface area contributed by atoms with Crippen LogP contribution in [0.3, 0.4) is 0 Å². The molecule has 1 N–H and O–H groups in total. The van der Waals surface area contributed by atoms with Crippen molar-refractivity contribution in [2.45, 2.75) is 46.0 Å². The zero-order valence-electron chi connectivity index (χ0n) is 11.1. The van der Waals surface area contributed by atoms with Gasteiger partial charge in [0.05, 0.1) is 19.8 Å². The van der Waals surface area contributed by atoms with Gasteiger partial charge in [-0.05, 0) is 19.4 Å². The molecule has 0 aromatic carbocycles. The lowest BCUT2D eigenvalue weighted by molar-refractivity contribution is 0.0478. The minimum atomic E-state index is 0.723. The van der Waals surface area contributed by atoms with Crippen LogP contribution in [-0.4, -0.2) is 39.5 Å². The Morgan fingerprint density at radius 1 is 0.688 bits per heavy atom. The quantitative estimate of drug-likeness (QED) is 0.494. The largest absolute Gasteiger partial charge is 0.379 e. The molecule has 3 heteroatoms. The van der Waals surface area contributed by atoms with Gasteiger partial charge in [0.15, 0.2) is 0 Å². The molecular formula is C13H29NO2. The fourth-order valence-electron chi connectivity index (χ4n) is 1.34. The first-order valence-corrected chi connectivity index (χ1v) is 6.78. The molecule has 0 aliphatic heterocycles. The fraction of sp³-hybridized carbons (Fsp3) is 1.00. The van der Waals surface area contributed by atoms with E-state index in [1.807, 2.05) is 0 Å². The number of rotatable bonds is 13. The standard InChI is InChI=1S/C13H29NO2/c1-3-5-7-8-14-9-11-16-13-12-15-10-6-4-2/h14H,3-13H2,1-2H3. The molecule has 3 nitrogen and oxygen atoms in total. The summed E-state index contributed by atoms with van der Waals surface area (Å²) < 4.78 is 10.8. The van der Waals surface area contributed by atoms with Gasteiger partial charge in [-0.2, -0.15) is 0 Å². The number of ether oxygens (including phenoxy) is 2. The molecule has 98 valence electrons. The third kappa shape index (κ3) is 13.9. The van der Waals surface area contributed by atoms with Gasteiger partial charge in [-0.3, -0.25) is 0 Å². The Morgan fingerprint density at radius 2 is 1.38 bits per heavy atom. The van der Waals surface area contributed by atoms with Gasteiger partial charge in [0, 0.05) is 13.2 Å². The molecule has 0 aliphatic carbocycles. The summed E-state index contributed by atoms with van der Waals surface area (Å²) in [5.41, 5.74) is 0. The van der Waals surface area contributed by atoms with Crippen LogP contribution in [0.2, 0.25) is 0 Å². The molecule has 0 saturated carbocycles. The zero-order valence-corrected chi connectivity index (χ0v) is 11.1. The molecule has 0 fully saturated rings. The van der Waals surface area contributed by atoms with Crippen LogP contribution < -0.4 is 5.32 Å². The van der Waals surface area contributed by atoms with Crippen LogP contribution in [0, 0.1) is 0 Å². The van der Waals surface area contributed by atoms with Crippen molar-refractivity contribution in [1.29, 1.82) is 0 Å². The van der Waals surface area contributed by atoms with Gasteiger partial charge in [0.25, 0.3) is 0 Å². The minimum Gasteiger partial charge on any atom is -0.379 e. The van der Waals surface area contributed by atoms with Gasteiger partial charge < -0.3 is 14.8 Å². The highest BCUT2D eigenvalue weighted by molar-refractivity contribution is 4.46. The van der Waals surface area contributed by atoms with Crippen molar-refractivity contribution in [2.75, 3.05) is 39.5 Å². The molecule has 0 bridgehead atoms. The topological polar surface area (TPSA) is 30.5 Å². The average molecular weight is 231 g/mol. The molecule has 0 unspecified atom stereocenters. The molecular weight excluding hydrogens is 202 g/mol. The molecule has 0 saturated heterocycles. The number of hydrogen-bond acceptors (Lipinski definition) is 3. The molecule has 0 aromatic rings. The Balaban J connectivity index is 2.83. The highest BCUT2D eigenvalue weighted by atomic mass is 16.5. The molecule has 0 amide bonds. The Kier molecular flexibility index (Phi) is 14.8. The van der Waals surface area contributed by atoms with Crippen LogP contribution in [0.15, 0.2) is 0 Å². The Labute approximate surface area is 101 Å². The van der Waals surface area contributed by atoms with Crippen molar-refractivity contribution in [3.05, 3.63) is 0 Å². The third-order valence-corrected chi connectivity index (χ3v) is 2.39. The minimum absolute atomic E-state index is 0.723. The maximum Gasteiger partial charge on any atom is 0.0701 e. The monoisotopic (exact) mass is 231 g/mol. The maximum absolute atomic E-state index is 5.43. The van der Waals surface area contributed by atoms with Crippen molar-refractivity contribution < 1.29 is 9.47 Å². The van der Waals surface area contributed by atoms with E-state index in [0.29, 0.717) is 0 Å².